The minimum Gasteiger partial charge on any atom is -0.435 e. The molecule has 0 aliphatic heterocycles. The van der Waals surface area contributed by atoms with E-state index < -0.39 is 18.2 Å². The second-order valence-electron chi connectivity index (χ2n) is 6.04. The lowest BCUT2D eigenvalue weighted by atomic mass is 10.3. The SMILES string of the molecule is Cc1nc2cc(F)c(F)cc2n1-c1cncc(Nc2ccc(OC(F)F)cc2)n1. The Balaban J connectivity index is 1.65. The molecule has 0 radical (unpaired) electrons. The summed E-state index contributed by atoms with van der Waals surface area (Å²) in [7, 11) is 0. The van der Waals surface area contributed by atoms with E-state index in [-0.39, 0.29) is 11.3 Å². The number of hydrogen-bond acceptors (Lipinski definition) is 5. The van der Waals surface area contributed by atoms with E-state index >= 15 is 0 Å². The predicted molar refractivity (Wildman–Crippen MR) is 97.7 cm³/mol. The van der Waals surface area contributed by atoms with Gasteiger partial charge in [-0.3, -0.25) is 9.55 Å². The molecule has 0 saturated heterocycles. The van der Waals surface area contributed by atoms with Gasteiger partial charge in [0.2, 0.25) is 0 Å². The van der Waals surface area contributed by atoms with E-state index in [1.165, 1.54) is 24.5 Å². The van der Waals surface area contributed by atoms with Gasteiger partial charge in [-0.15, -0.1) is 0 Å². The lowest BCUT2D eigenvalue weighted by Crippen LogP contribution is -2.04. The Morgan fingerprint density at radius 2 is 1.72 bits per heavy atom. The number of anilines is 2. The van der Waals surface area contributed by atoms with Gasteiger partial charge in [0.1, 0.15) is 11.6 Å². The summed E-state index contributed by atoms with van der Waals surface area (Å²) in [6.07, 6.45) is 2.92. The van der Waals surface area contributed by atoms with Crippen LogP contribution >= 0.6 is 0 Å². The van der Waals surface area contributed by atoms with Crippen LogP contribution < -0.4 is 10.1 Å². The van der Waals surface area contributed by atoms with Crippen molar-refractivity contribution in [2.45, 2.75) is 13.5 Å². The van der Waals surface area contributed by atoms with E-state index in [4.69, 9.17) is 0 Å². The Labute approximate surface area is 161 Å². The highest BCUT2D eigenvalue weighted by atomic mass is 19.3. The van der Waals surface area contributed by atoms with Gasteiger partial charge in [0, 0.05) is 17.8 Å². The fourth-order valence-electron chi connectivity index (χ4n) is 2.87. The summed E-state index contributed by atoms with van der Waals surface area (Å²) in [6, 6.07) is 7.93. The van der Waals surface area contributed by atoms with E-state index in [9.17, 15) is 17.6 Å². The lowest BCUT2D eigenvalue weighted by molar-refractivity contribution is -0.0498. The molecule has 0 unspecified atom stereocenters. The molecule has 0 amide bonds. The largest absolute Gasteiger partial charge is 0.435 e. The fourth-order valence-corrected chi connectivity index (χ4v) is 2.87. The first kappa shape index (κ1) is 18.7. The zero-order valence-electron chi connectivity index (χ0n) is 14.9. The number of benzene rings is 2. The molecule has 29 heavy (non-hydrogen) atoms. The zero-order chi connectivity index (χ0) is 20.5. The third-order valence-corrected chi connectivity index (χ3v) is 4.07. The molecule has 2 aromatic carbocycles. The van der Waals surface area contributed by atoms with Gasteiger partial charge < -0.3 is 10.1 Å². The maximum absolute atomic E-state index is 13.7. The molecule has 0 spiro atoms. The minimum absolute atomic E-state index is 0.0279. The van der Waals surface area contributed by atoms with Crippen molar-refractivity contribution in [1.29, 1.82) is 0 Å². The number of aryl methyl sites for hydroxylation is 1. The molecule has 4 rings (SSSR count). The quantitative estimate of drug-likeness (QED) is 0.488. The highest BCUT2D eigenvalue weighted by molar-refractivity contribution is 5.78. The first-order valence-corrected chi connectivity index (χ1v) is 8.39. The summed E-state index contributed by atoms with van der Waals surface area (Å²) in [5.74, 6) is -0.771. The Hall–Kier alpha value is -3.69. The van der Waals surface area contributed by atoms with E-state index in [0.29, 0.717) is 28.7 Å². The maximum atomic E-state index is 13.7. The molecule has 2 aromatic heterocycles. The number of aromatic nitrogens is 4. The number of halogens is 4. The molecule has 0 aliphatic rings. The summed E-state index contributed by atoms with van der Waals surface area (Å²) in [5, 5.41) is 2.99. The molecular formula is C19H13F4N5O. The first-order chi connectivity index (χ1) is 13.9. The molecule has 6 nitrogen and oxygen atoms in total. The van der Waals surface area contributed by atoms with Gasteiger partial charge >= 0.3 is 6.61 Å². The van der Waals surface area contributed by atoms with Gasteiger partial charge in [-0.1, -0.05) is 0 Å². The van der Waals surface area contributed by atoms with E-state index in [1.807, 2.05) is 0 Å². The monoisotopic (exact) mass is 403 g/mol. The summed E-state index contributed by atoms with van der Waals surface area (Å²) < 4.78 is 57.5. The van der Waals surface area contributed by atoms with Crippen molar-refractivity contribution in [2.24, 2.45) is 0 Å². The van der Waals surface area contributed by atoms with Crippen LogP contribution in [0.5, 0.6) is 5.75 Å². The standard InChI is InChI=1S/C19H13F4N5O/c1-10-25-15-6-13(20)14(21)7-16(15)28(10)18-9-24-8-17(27-18)26-11-2-4-12(5-3-11)29-19(22)23/h2-9,19H,1H3,(H,26,27). The number of imidazole rings is 1. The molecule has 0 fully saturated rings. The number of nitrogens with one attached hydrogen (secondary N) is 1. The summed E-state index contributed by atoms with van der Waals surface area (Å²) in [5.41, 5.74) is 1.20. The lowest BCUT2D eigenvalue weighted by Gasteiger charge is -2.10. The molecule has 0 aliphatic carbocycles. The van der Waals surface area contributed by atoms with Gasteiger partial charge in [-0.25, -0.2) is 18.7 Å². The topological polar surface area (TPSA) is 64.9 Å². The van der Waals surface area contributed by atoms with Crippen molar-refractivity contribution in [3.63, 3.8) is 0 Å². The number of nitrogens with zero attached hydrogens (tertiary/aromatic N) is 4. The molecule has 148 valence electrons. The van der Waals surface area contributed by atoms with Gasteiger partial charge in [0.05, 0.1) is 23.4 Å². The Bertz CT molecular complexity index is 1180. The Morgan fingerprint density at radius 1 is 1.00 bits per heavy atom. The molecular weight excluding hydrogens is 390 g/mol. The number of fused-ring (bicyclic) bond motifs is 1. The average molecular weight is 403 g/mol. The van der Waals surface area contributed by atoms with E-state index in [0.717, 1.165) is 12.1 Å². The van der Waals surface area contributed by atoms with Crippen LogP contribution in [0.25, 0.3) is 16.9 Å². The van der Waals surface area contributed by atoms with Crippen LogP contribution in [0.1, 0.15) is 5.82 Å². The van der Waals surface area contributed by atoms with Crippen LogP contribution in [-0.2, 0) is 0 Å². The van der Waals surface area contributed by atoms with Crippen LogP contribution in [0.3, 0.4) is 0 Å². The summed E-state index contributed by atoms with van der Waals surface area (Å²) >= 11 is 0. The predicted octanol–water partition coefficient (Wildman–Crippen LogP) is 4.75. The van der Waals surface area contributed by atoms with Crippen molar-refractivity contribution in [3.05, 3.63) is 66.3 Å². The minimum atomic E-state index is -2.90. The van der Waals surface area contributed by atoms with Crippen molar-refractivity contribution in [3.8, 4) is 11.6 Å². The number of hydrogen-bond donors (Lipinski definition) is 1. The summed E-state index contributed by atoms with van der Waals surface area (Å²) in [4.78, 5) is 12.8. The molecule has 0 saturated carbocycles. The van der Waals surface area contributed by atoms with Crippen LogP contribution in [0.4, 0.5) is 29.1 Å². The Kier molecular flexibility index (Phi) is 4.75. The van der Waals surface area contributed by atoms with Gasteiger partial charge in [-0.05, 0) is 31.2 Å². The average Bonchev–Trinajstić information content (AvgIpc) is 2.98. The van der Waals surface area contributed by atoms with Gasteiger partial charge in [-0.2, -0.15) is 8.78 Å². The molecule has 2 heterocycles. The third-order valence-electron chi connectivity index (χ3n) is 4.07. The van der Waals surface area contributed by atoms with Crippen molar-refractivity contribution in [1.82, 2.24) is 19.5 Å². The number of rotatable bonds is 5. The second kappa shape index (κ2) is 7.38. The third kappa shape index (κ3) is 3.82. The van der Waals surface area contributed by atoms with Crippen molar-refractivity contribution >= 4 is 22.5 Å². The molecule has 0 bridgehead atoms. The number of ether oxygens (including phenoxy) is 1. The van der Waals surface area contributed by atoms with E-state index in [1.54, 1.807) is 23.6 Å². The smallest absolute Gasteiger partial charge is 0.387 e. The van der Waals surface area contributed by atoms with Crippen LogP contribution in [0.2, 0.25) is 0 Å². The van der Waals surface area contributed by atoms with Crippen LogP contribution in [-0.4, -0.2) is 26.1 Å². The first-order valence-electron chi connectivity index (χ1n) is 8.39. The van der Waals surface area contributed by atoms with Crippen LogP contribution in [0.15, 0.2) is 48.8 Å². The van der Waals surface area contributed by atoms with Gasteiger partial charge in [0.25, 0.3) is 0 Å². The molecule has 1 N–H and O–H groups in total. The molecule has 10 heteroatoms. The fraction of sp³-hybridized carbons (Fsp3) is 0.105. The molecule has 4 aromatic rings. The molecule has 0 atom stereocenters. The van der Waals surface area contributed by atoms with E-state index in [2.05, 4.69) is 25.0 Å². The van der Waals surface area contributed by atoms with Gasteiger partial charge in [0.15, 0.2) is 23.3 Å². The zero-order valence-corrected chi connectivity index (χ0v) is 14.9. The number of alkyl halides is 2. The van der Waals surface area contributed by atoms with Crippen molar-refractivity contribution < 1.29 is 22.3 Å². The summed E-state index contributed by atoms with van der Waals surface area (Å²) in [6.45, 7) is -1.22. The van der Waals surface area contributed by atoms with Crippen LogP contribution in [0, 0.1) is 18.6 Å². The highest BCUT2D eigenvalue weighted by Gasteiger charge is 2.15. The normalized spacial score (nSPS) is 11.2. The highest BCUT2D eigenvalue weighted by Crippen LogP contribution is 2.24. The second-order valence-corrected chi connectivity index (χ2v) is 6.04. The maximum Gasteiger partial charge on any atom is 0.387 e. The van der Waals surface area contributed by atoms with Crippen molar-refractivity contribution in [2.75, 3.05) is 5.32 Å². The Morgan fingerprint density at radius 3 is 2.45 bits per heavy atom.